The van der Waals surface area contributed by atoms with E-state index >= 15 is 0 Å². The Morgan fingerprint density at radius 3 is 2.48 bits per heavy atom. The average molecular weight is 364 g/mol. The van der Waals surface area contributed by atoms with Crippen LogP contribution in [0.25, 0.3) is 16.9 Å². The molecule has 0 saturated carbocycles. The molecule has 0 radical (unpaired) electrons. The third-order valence-electron chi connectivity index (χ3n) is 4.51. The molecule has 0 fully saturated rings. The molecule has 2 heterocycles. The van der Waals surface area contributed by atoms with Crippen molar-refractivity contribution in [2.75, 3.05) is 6.54 Å². The number of carbonyl (C=O) groups excluding carboxylic acids is 1. The van der Waals surface area contributed by atoms with E-state index in [1.165, 1.54) is 0 Å². The summed E-state index contributed by atoms with van der Waals surface area (Å²) in [5.74, 6) is 0.420. The van der Waals surface area contributed by atoms with Crippen LogP contribution >= 0.6 is 0 Å². The number of carbonyl (C=O) groups is 1. The predicted octanol–water partition coefficient (Wildman–Crippen LogP) is 4.47. The minimum absolute atomic E-state index is 0.119. The van der Waals surface area contributed by atoms with Crippen LogP contribution in [0.3, 0.4) is 0 Å². The van der Waals surface area contributed by atoms with Gasteiger partial charge in [-0.05, 0) is 18.4 Å². The first-order chi connectivity index (χ1) is 12.8. The van der Waals surface area contributed by atoms with Crippen LogP contribution in [-0.2, 0) is 5.41 Å². The van der Waals surface area contributed by atoms with Gasteiger partial charge in [0.1, 0.15) is 5.69 Å². The van der Waals surface area contributed by atoms with Crippen molar-refractivity contribution in [3.63, 3.8) is 0 Å². The molecule has 27 heavy (non-hydrogen) atoms. The molecule has 5 nitrogen and oxygen atoms in total. The number of hydrogen-bond donors (Lipinski definition) is 1. The molecule has 3 rings (SSSR count). The summed E-state index contributed by atoms with van der Waals surface area (Å²) >= 11 is 0. The highest BCUT2D eigenvalue weighted by Gasteiger charge is 2.22. The van der Waals surface area contributed by atoms with E-state index in [1.807, 2.05) is 42.5 Å². The lowest BCUT2D eigenvalue weighted by Gasteiger charge is -2.13. The number of nitrogens with one attached hydrogen (secondary N) is 1. The molecular formula is C22H28N4O. The zero-order chi connectivity index (χ0) is 19.6. The Morgan fingerprint density at radius 1 is 1.15 bits per heavy atom. The molecule has 0 saturated heterocycles. The third-order valence-corrected chi connectivity index (χ3v) is 4.51. The zero-order valence-electron chi connectivity index (χ0n) is 16.8. The molecule has 2 aromatic heterocycles. The SMILES string of the molecule is CC(C)CCNC(=O)c1cc(-c2ccccc2)nc2cc(C(C)(C)C)nn12. The molecule has 0 spiro atoms. The summed E-state index contributed by atoms with van der Waals surface area (Å²) in [5.41, 5.74) is 3.75. The molecule has 1 aromatic carbocycles. The third kappa shape index (κ3) is 4.35. The van der Waals surface area contributed by atoms with Crippen molar-refractivity contribution in [3.8, 4) is 11.3 Å². The summed E-state index contributed by atoms with van der Waals surface area (Å²) in [4.78, 5) is 17.6. The van der Waals surface area contributed by atoms with Crippen LogP contribution in [0.4, 0.5) is 0 Å². The minimum Gasteiger partial charge on any atom is -0.351 e. The lowest BCUT2D eigenvalue weighted by atomic mass is 9.93. The average Bonchev–Trinajstić information content (AvgIpc) is 3.05. The maximum absolute atomic E-state index is 12.9. The highest BCUT2D eigenvalue weighted by molar-refractivity contribution is 5.94. The first kappa shape index (κ1) is 19.1. The van der Waals surface area contributed by atoms with E-state index in [1.54, 1.807) is 4.52 Å². The van der Waals surface area contributed by atoms with Crippen LogP contribution in [0.1, 0.15) is 57.2 Å². The van der Waals surface area contributed by atoms with Crippen molar-refractivity contribution >= 4 is 11.6 Å². The van der Waals surface area contributed by atoms with E-state index in [9.17, 15) is 4.79 Å². The van der Waals surface area contributed by atoms with Gasteiger partial charge in [0.15, 0.2) is 5.65 Å². The van der Waals surface area contributed by atoms with Crippen LogP contribution in [0.15, 0.2) is 42.5 Å². The summed E-state index contributed by atoms with van der Waals surface area (Å²) in [6, 6.07) is 13.7. The van der Waals surface area contributed by atoms with Crippen molar-refractivity contribution in [1.82, 2.24) is 19.9 Å². The number of aromatic nitrogens is 3. The summed E-state index contributed by atoms with van der Waals surface area (Å²) < 4.78 is 1.66. The van der Waals surface area contributed by atoms with E-state index in [-0.39, 0.29) is 11.3 Å². The highest BCUT2D eigenvalue weighted by atomic mass is 16.1. The van der Waals surface area contributed by atoms with Crippen molar-refractivity contribution in [2.24, 2.45) is 5.92 Å². The smallest absolute Gasteiger partial charge is 0.270 e. The van der Waals surface area contributed by atoms with Gasteiger partial charge in [-0.2, -0.15) is 5.10 Å². The second kappa shape index (κ2) is 7.51. The monoisotopic (exact) mass is 364 g/mol. The van der Waals surface area contributed by atoms with Crippen LogP contribution in [0.5, 0.6) is 0 Å². The fourth-order valence-electron chi connectivity index (χ4n) is 2.82. The highest BCUT2D eigenvalue weighted by Crippen LogP contribution is 2.25. The van der Waals surface area contributed by atoms with E-state index in [0.29, 0.717) is 23.8 Å². The molecule has 0 atom stereocenters. The largest absolute Gasteiger partial charge is 0.351 e. The summed E-state index contributed by atoms with van der Waals surface area (Å²) in [5, 5.41) is 7.70. The van der Waals surface area contributed by atoms with Crippen LogP contribution < -0.4 is 5.32 Å². The maximum Gasteiger partial charge on any atom is 0.270 e. The Kier molecular flexibility index (Phi) is 5.31. The van der Waals surface area contributed by atoms with Gasteiger partial charge in [-0.25, -0.2) is 9.50 Å². The minimum atomic E-state index is -0.121. The molecule has 0 aliphatic rings. The molecule has 1 N–H and O–H groups in total. The van der Waals surface area contributed by atoms with Crippen molar-refractivity contribution in [2.45, 2.75) is 46.5 Å². The van der Waals surface area contributed by atoms with E-state index in [0.717, 1.165) is 23.4 Å². The van der Waals surface area contributed by atoms with Gasteiger partial charge in [-0.3, -0.25) is 4.79 Å². The standard InChI is InChI=1S/C22H28N4O/c1-15(2)11-12-23-21(27)18-13-17(16-9-7-6-8-10-16)24-20-14-19(22(3,4)5)25-26(18)20/h6-10,13-15H,11-12H2,1-5H3,(H,23,27). The molecule has 3 aromatic rings. The maximum atomic E-state index is 12.9. The number of rotatable bonds is 5. The molecule has 0 aliphatic carbocycles. The lowest BCUT2D eigenvalue weighted by Crippen LogP contribution is -2.28. The van der Waals surface area contributed by atoms with Gasteiger partial charge in [-0.15, -0.1) is 0 Å². The topological polar surface area (TPSA) is 59.3 Å². The lowest BCUT2D eigenvalue weighted by molar-refractivity contribution is 0.0944. The number of nitrogens with zero attached hydrogens (tertiary/aromatic N) is 3. The molecule has 1 amide bonds. The second-order valence-electron chi connectivity index (χ2n) is 8.38. The Bertz CT molecular complexity index is 936. The quantitative estimate of drug-likeness (QED) is 0.727. The van der Waals surface area contributed by atoms with Gasteiger partial charge in [0, 0.05) is 23.6 Å². The molecule has 0 unspecified atom stereocenters. The first-order valence-electron chi connectivity index (χ1n) is 9.50. The van der Waals surface area contributed by atoms with Gasteiger partial charge >= 0.3 is 0 Å². The predicted molar refractivity (Wildman–Crippen MR) is 109 cm³/mol. The summed E-state index contributed by atoms with van der Waals surface area (Å²) in [6.07, 6.45) is 0.942. The summed E-state index contributed by atoms with van der Waals surface area (Å²) in [6.45, 7) is 11.3. The Balaban J connectivity index is 2.08. The van der Waals surface area contributed by atoms with Gasteiger partial charge in [0.05, 0.1) is 11.4 Å². The Hall–Kier alpha value is -2.69. The fraction of sp³-hybridized carbons (Fsp3) is 0.409. The normalized spacial score (nSPS) is 11.9. The van der Waals surface area contributed by atoms with Crippen LogP contribution in [0.2, 0.25) is 0 Å². The Labute approximate surface area is 160 Å². The molecule has 0 aliphatic heterocycles. The van der Waals surface area contributed by atoms with Gasteiger partial charge in [-0.1, -0.05) is 65.0 Å². The number of fused-ring (bicyclic) bond motifs is 1. The van der Waals surface area contributed by atoms with Crippen molar-refractivity contribution in [1.29, 1.82) is 0 Å². The van der Waals surface area contributed by atoms with Crippen molar-refractivity contribution in [3.05, 3.63) is 53.9 Å². The van der Waals surface area contributed by atoms with Gasteiger partial charge in [0.25, 0.3) is 5.91 Å². The number of benzene rings is 1. The van der Waals surface area contributed by atoms with Crippen LogP contribution in [-0.4, -0.2) is 27.0 Å². The Morgan fingerprint density at radius 2 is 1.85 bits per heavy atom. The van der Waals surface area contributed by atoms with E-state index in [4.69, 9.17) is 4.98 Å². The summed E-state index contributed by atoms with van der Waals surface area (Å²) in [7, 11) is 0. The van der Waals surface area contributed by atoms with E-state index < -0.39 is 0 Å². The first-order valence-corrected chi connectivity index (χ1v) is 9.50. The molecule has 0 bridgehead atoms. The molecule has 142 valence electrons. The van der Waals surface area contributed by atoms with Crippen LogP contribution in [0, 0.1) is 5.92 Å². The van der Waals surface area contributed by atoms with Gasteiger partial charge < -0.3 is 5.32 Å². The number of amides is 1. The van der Waals surface area contributed by atoms with Gasteiger partial charge in [0.2, 0.25) is 0 Å². The zero-order valence-corrected chi connectivity index (χ0v) is 16.8. The molecule has 5 heteroatoms. The number of hydrogen-bond acceptors (Lipinski definition) is 3. The molecular weight excluding hydrogens is 336 g/mol. The van der Waals surface area contributed by atoms with Crippen molar-refractivity contribution < 1.29 is 4.79 Å². The fourth-order valence-corrected chi connectivity index (χ4v) is 2.82. The van der Waals surface area contributed by atoms with E-state index in [2.05, 4.69) is 45.0 Å². The second-order valence-corrected chi connectivity index (χ2v) is 8.38.